The Balaban J connectivity index is 0.00000180. The zero-order chi connectivity index (χ0) is 13.0. The Morgan fingerprint density at radius 1 is 1.58 bits per heavy atom. The molecule has 0 unspecified atom stereocenters. The molecular weight excluding hydrogens is 264 g/mol. The molecule has 0 radical (unpaired) electrons. The number of rotatable bonds is 4. The second kappa shape index (κ2) is 7.50. The van der Waals surface area contributed by atoms with Crippen LogP contribution in [0.1, 0.15) is 38.3 Å². The molecule has 0 saturated carbocycles. The van der Waals surface area contributed by atoms with Gasteiger partial charge in [-0.2, -0.15) is 5.10 Å². The molecule has 1 aliphatic heterocycles. The van der Waals surface area contributed by atoms with Gasteiger partial charge in [-0.05, 0) is 32.7 Å². The maximum Gasteiger partial charge on any atom is 0.242 e. The van der Waals surface area contributed by atoms with Gasteiger partial charge in [-0.3, -0.25) is 4.79 Å². The van der Waals surface area contributed by atoms with Crippen LogP contribution >= 0.6 is 12.4 Å². The maximum atomic E-state index is 12.1. The zero-order valence-electron chi connectivity index (χ0n) is 11.6. The van der Waals surface area contributed by atoms with E-state index in [2.05, 4.69) is 22.7 Å². The monoisotopic (exact) mass is 286 g/mol. The standard InChI is InChI=1S/C13H22N4O.ClH/c1-3-8-17-12(9-10(2)16-17)15-13(18)11-6-4-5-7-14-11;/h9,11,14H,3-8H2,1-2H3,(H,15,18);1H/t11-;/m0./s1. The smallest absolute Gasteiger partial charge is 0.242 e. The highest BCUT2D eigenvalue weighted by atomic mass is 35.5. The summed E-state index contributed by atoms with van der Waals surface area (Å²) in [5, 5.41) is 10.6. The van der Waals surface area contributed by atoms with Crippen molar-refractivity contribution in [2.24, 2.45) is 0 Å². The lowest BCUT2D eigenvalue weighted by Crippen LogP contribution is -2.43. The number of nitrogens with zero attached hydrogens (tertiary/aromatic N) is 2. The van der Waals surface area contributed by atoms with Crippen LogP contribution in [0.2, 0.25) is 0 Å². The summed E-state index contributed by atoms with van der Waals surface area (Å²) in [4.78, 5) is 12.1. The molecule has 2 N–H and O–H groups in total. The summed E-state index contributed by atoms with van der Waals surface area (Å²) in [6.07, 6.45) is 4.22. The number of hydrogen-bond donors (Lipinski definition) is 2. The average molecular weight is 287 g/mol. The van der Waals surface area contributed by atoms with Crippen molar-refractivity contribution in [1.82, 2.24) is 15.1 Å². The zero-order valence-corrected chi connectivity index (χ0v) is 12.4. The number of amides is 1. The number of anilines is 1. The molecule has 0 bridgehead atoms. The summed E-state index contributed by atoms with van der Waals surface area (Å²) in [5.74, 6) is 0.874. The average Bonchev–Trinajstić information content (AvgIpc) is 2.71. The van der Waals surface area contributed by atoms with Crippen molar-refractivity contribution in [3.8, 4) is 0 Å². The molecule has 1 fully saturated rings. The molecule has 6 heteroatoms. The third-order valence-corrected chi connectivity index (χ3v) is 3.22. The minimum absolute atomic E-state index is 0. The van der Waals surface area contributed by atoms with E-state index in [0.717, 1.165) is 50.3 Å². The van der Waals surface area contributed by atoms with Crippen LogP contribution in [-0.2, 0) is 11.3 Å². The molecule has 2 rings (SSSR count). The molecule has 5 nitrogen and oxygen atoms in total. The van der Waals surface area contributed by atoms with Gasteiger partial charge in [0.2, 0.25) is 5.91 Å². The van der Waals surface area contributed by atoms with Gasteiger partial charge in [0.05, 0.1) is 11.7 Å². The number of carbonyl (C=O) groups is 1. The lowest BCUT2D eigenvalue weighted by Gasteiger charge is -2.22. The summed E-state index contributed by atoms with van der Waals surface area (Å²) in [6, 6.07) is 1.88. The van der Waals surface area contributed by atoms with Gasteiger partial charge >= 0.3 is 0 Å². The van der Waals surface area contributed by atoms with Crippen LogP contribution in [0.5, 0.6) is 0 Å². The van der Waals surface area contributed by atoms with E-state index < -0.39 is 0 Å². The highest BCUT2D eigenvalue weighted by Gasteiger charge is 2.21. The summed E-state index contributed by atoms with van der Waals surface area (Å²) >= 11 is 0. The van der Waals surface area contributed by atoms with E-state index in [0.29, 0.717) is 0 Å². The van der Waals surface area contributed by atoms with Crippen molar-refractivity contribution in [3.05, 3.63) is 11.8 Å². The molecule has 0 spiro atoms. The molecule has 108 valence electrons. The van der Waals surface area contributed by atoms with Crippen molar-refractivity contribution in [2.75, 3.05) is 11.9 Å². The van der Waals surface area contributed by atoms with Crippen LogP contribution in [0.4, 0.5) is 5.82 Å². The number of nitrogens with one attached hydrogen (secondary N) is 2. The van der Waals surface area contributed by atoms with Crippen LogP contribution in [0, 0.1) is 6.92 Å². The lowest BCUT2D eigenvalue weighted by atomic mass is 10.0. The van der Waals surface area contributed by atoms with Crippen LogP contribution in [0.15, 0.2) is 6.07 Å². The third kappa shape index (κ3) is 4.21. The van der Waals surface area contributed by atoms with E-state index in [1.807, 2.05) is 17.7 Å². The molecule has 0 aliphatic carbocycles. The Labute approximate surface area is 120 Å². The molecule has 19 heavy (non-hydrogen) atoms. The lowest BCUT2D eigenvalue weighted by molar-refractivity contribution is -0.118. The van der Waals surface area contributed by atoms with E-state index in [1.165, 1.54) is 0 Å². The maximum absolute atomic E-state index is 12.1. The molecule has 1 atom stereocenters. The first-order chi connectivity index (χ1) is 8.70. The second-order valence-electron chi connectivity index (χ2n) is 4.89. The van der Waals surface area contributed by atoms with Crippen LogP contribution in [0.25, 0.3) is 0 Å². The van der Waals surface area contributed by atoms with Gasteiger partial charge in [0.15, 0.2) is 0 Å². The topological polar surface area (TPSA) is 59.0 Å². The van der Waals surface area contributed by atoms with Crippen molar-refractivity contribution in [3.63, 3.8) is 0 Å². The summed E-state index contributed by atoms with van der Waals surface area (Å²) in [7, 11) is 0. The van der Waals surface area contributed by atoms with E-state index in [4.69, 9.17) is 0 Å². The van der Waals surface area contributed by atoms with Crippen LogP contribution < -0.4 is 10.6 Å². The van der Waals surface area contributed by atoms with Crippen molar-refractivity contribution >= 4 is 24.1 Å². The van der Waals surface area contributed by atoms with Crippen molar-refractivity contribution < 1.29 is 4.79 Å². The Kier molecular flexibility index (Phi) is 6.31. The molecule has 1 saturated heterocycles. The Bertz CT molecular complexity index is 413. The number of piperidine rings is 1. The number of aromatic nitrogens is 2. The fourth-order valence-corrected chi connectivity index (χ4v) is 2.32. The minimum atomic E-state index is -0.0518. The first kappa shape index (κ1) is 16.0. The highest BCUT2D eigenvalue weighted by Crippen LogP contribution is 2.13. The summed E-state index contributed by atoms with van der Waals surface area (Å²) < 4.78 is 1.87. The number of hydrogen-bond acceptors (Lipinski definition) is 3. The quantitative estimate of drug-likeness (QED) is 0.891. The van der Waals surface area contributed by atoms with E-state index in [9.17, 15) is 4.79 Å². The van der Waals surface area contributed by atoms with Gasteiger partial charge < -0.3 is 10.6 Å². The van der Waals surface area contributed by atoms with Gasteiger partial charge in [-0.1, -0.05) is 13.3 Å². The minimum Gasteiger partial charge on any atom is -0.310 e. The van der Waals surface area contributed by atoms with Gasteiger partial charge in [0.1, 0.15) is 5.82 Å². The fraction of sp³-hybridized carbons (Fsp3) is 0.692. The molecule has 2 heterocycles. The van der Waals surface area contributed by atoms with Gasteiger partial charge in [-0.25, -0.2) is 4.68 Å². The molecule has 1 aliphatic rings. The molecule has 1 aromatic rings. The van der Waals surface area contributed by atoms with Crippen LogP contribution in [-0.4, -0.2) is 28.3 Å². The molecule has 1 aromatic heterocycles. The van der Waals surface area contributed by atoms with E-state index in [1.54, 1.807) is 0 Å². The Hall–Kier alpha value is -1.07. The van der Waals surface area contributed by atoms with Crippen molar-refractivity contribution in [2.45, 2.75) is 52.1 Å². The first-order valence-electron chi connectivity index (χ1n) is 6.79. The molecular formula is C13H23ClN4O. The summed E-state index contributed by atoms with van der Waals surface area (Å²) in [5.41, 5.74) is 0.940. The highest BCUT2D eigenvalue weighted by molar-refractivity contribution is 5.94. The molecule has 1 amide bonds. The number of carbonyl (C=O) groups excluding carboxylic acids is 1. The van der Waals surface area contributed by atoms with Gasteiger partial charge in [0, 0.05) is 12.6 Å². The Morgan fingerprint density at radius 2 is 2.37 bits per heavy atom. The number of aryl methyl sites for hydroxylation is 2. The second-order valence-corrected chi connectivity index (χ2v) is 4.89. The van der Waals surface area contributed by atoms with Gasteiger partial charge in [0.25, 0.3) is 0 Å². The number of halogens is 1. The SMILES string of the molecule is CCCn1nc(C)cc1NC(=O)[C@@H]1CCCCN1.Cl. The van der Waals surface area contributed by atoms with Crippen molar-refractivity contribution in [1.29, 1.82) is 0 Å². The third-order valence-electron chi connectivity index (χ3n) is 3.22. The predicted octanol–water partition coefficient (Wildman–Crippen LogP) is 2.10. The predicted molar refractivity (Wildman–Crippen MR) is 78.8 cm³/mol. The normalized spacial score (nSPS) is 18.7. The largest absolute Gasteiger partial charge is 0.310 e. The van der Waals surface area contributed by atoms with E-state index in [-0.39, 0.29) is 24.4 Å². The Morgan fingerprint density at radius 3 is 3.00 bits per heavy atom. The first-order valence-corrected chi connectivity index (χ1v) is 6.79. The molecule has 0 aromatic carbocycles. The fourth-order valence-electron chi connectivity index (χ4n) is 2.32. The van der Waals surface area contributed by atoms with Crippen LogP contribution in [0.3, 0.4) is 0 Å². The summed E-state index contributed by atoms with van der Waals surface area (Å²) in [6.45, 7) is 5.82. The van der Waals surface area contributed by atoms with E-state index >= 15 is 0 Å². The van der Waals surface area contributed by atoms with Gasteiger partial charge in [-0.15, -0.1) is 12.4 Å².